The summed E-state index contributed by atoms with van der Waals surface area (Å²) in [5.41, 5.74) is 0.990. The van der Waals surface area contributed by atoms with Gasteiger partial charge in [-0.05, 0) is 45.1 Å². The number of hydrogen-bond acceptors (Lipinski definition) is 4. The second-order valence-electron chi connectivity index (χ2n) is 5.34. The highest BCUT2D eigenvalue weighted by atomic mass is 35.5. The summed E-state index contributed by atoms with van der Waals surface area (Å²) in [6.07, 6.45) is 5.69. The van der Waals surface area contributed by atoms with Crippen molar-refractivity contribution in [3.63, 3.8) is 0 Å². The molecule has 0 bridgehead atoms. The first-order valence-electron chi connectivity index (χ1n) is 6.80. The van der Waals surface area contributed by atoms with Gasteiger partial charge in [0.2, 0.25) is 0 Å². The van der Waals surface area contributed by atoms with Gasteiger partial charge in [0.05, 0.1) is 0 Å². The lowest BCUT2D eigenvalue weighted by molar-refractivity contribution is 0.656. The van der Waals surface area contributed by atoms with E-state index >= 15 is 0 Å². The van der Waals surface area contributed by atoms with E-state index in [1.54, 1.807) is 0 Å². The van der Waals surface area contributed by atoms with Crippen molar-refractivity contribution in [2.45, 2.75) is 45.1 Å². The van der Waals surface area contributed by atoms with Crippen LogP contribution in [0.3, 0.4) is 0 Å². The smallest absolute Gasteiger partial charge is 0.137 e. The first kappa shape index (κ1) is 14.9. The van der Waals surface area contributed by atoms with Gasteiger partial charge in [0.1, 0.15) is 16.8 Å². The van der Waals surface area contributed by atoms with E-state index in [4.69, 9.17) is 16.6 Å². The summed E-state index contributed by atoms with van der Waals surface area (Å²) < 4.78 is 0. The van der Waals surface area contributed by atoms with Crippen molar-refractivity contribution in [1.29, 1.82) is 0 Å². The molecule has 0 spiro atoms. The van der Waals surface area contributed by atoms with E-state index < -0.39 is 0 Å². The molecule has 3 nitrogen and oxygen atoms in total. The maximum atomic E-state index is 6.26. The summed E-state index contributed by atoms with van der Waals surface area (Å²) in [6.45, 7) is 4.24. The minimum absolute atomic E-state index is 0.462. The second kappa shape index (κ2) is 6.31. The van der Waals surface area contributed by atoms with Crippen LogP contribution in [0.2, 0.25) is 5.15 Å². The zero-order valence-electron chi connectivity index (χ0n) is 12.1. The highest BCUT2D eigenvalue weighted by Crippen LogP contribution is 2.40. The molecule has 1 aromatic rings. The fourth-order valence-electron chi connectivity index (χ4n) is 2.05. The Labute approximate surface area is 125 Å². The van der Waals surface area contributed by atoms with E-state index in [2.05, 4.69) is 30.1 Å². The molecule has 0 N–H and O–H groups in total. The summed E-state index contributed by atoms with van der Waals surface area (Å²) in [7, 11) is 2.10. The zero-order valence-corrected chi connectivity index (χ0v) is 13.7. The van der Waals surface area contributed by atoms with Crippen molar-refractivity contribution in [1.82, 2.24) is 9.97 Å². The Morgan fingerprint density at radius 1 is 1.42 bits per heavy atom. The average molecular weight is 300 g/mol. The third-order valence-corrected chi connectivity index (χ3v) is 4.77. The molecule has 0 saturated heterocycles. The van der Waals surface area contributed by atoms with Gasteiger partial charge >= 0.3 is 0 Å². The number of halogens is 1. The Kier molecular flexibility index (Phi) is 4.96. The number of rotatable bonds is 6. The first-order valence-corrected chi connectivity index (χ1v) is 8.57. The highest BCUT2D eigenvalue weighted by Gasteiger charge is 2.29. The van der Waals surface area contributed by atoms with E-state index in [-0.39, 0.29) is 0 Å². The Bertz CT molecular complexity index is 449. The Hall–Kier alpha value is -0.480. The largest absolute Gasteiger partial charge is 0.357 e. The third kappa shape index (κ3) is 3.54. The number of hydrogen-bond donors (Lipinski definition) is 0. The molecule has 1 aliphatic carbocycles. The Morgan fingerprint density at radius 2 is 2.11 bits per heavy atom. The van der Waals surface area contributed by atoms with Gasteiger partial charge in [-0.2, -0.15) is 11.8 Å². The van der Waals surface area contributed by atoms with Crippen molar-refractivity contribution < 1.29 is 0 Å². The van der Waals surface area contributed by atoms with Gasteiger partial charge in [-0.1, -0.05) is 11.6 Å². The molecular formula is C14H22ClN3S. The molecule has 0 aliphatic heterocycles. The van der Waals surface area contributed by atoms with Crippen molar-refractivity contribution in [3.05, 3.63) is 16.5 Å². The standard InChI is InChI=1S/C14H22ClN3S/c1-9(7-8-19-4)18(3)14-10(2)12(15)16-13(17-14)11-5-6-11/h9,11H,5-8H2,1-4H3. The van der Waals surface area contributed by atoms with Crippen LogP contribution in [-0.4, -0.2) is 35.1 Å². The van der Waals surface area contributed by atoms with Crippen LogP contribution in [0.5, 0.6) is 0 Å². The van der Waals surface area contributed by atoms with E-state index in [9.17, 15) is 0 Å². The van der Waals surface area contributed by atoms with E-state index in [0.717, 1.165) is 23.6 Å². The molecule has 1 aromatic heterocycles. The summed E-state index contributed by atoms with van der Waals surface area (Å²) in [4.78, 5) is 11.4. The number of nitrogens with zero attached hydrogens (tertiary/aromatic N) is 3. The lowest BCUT2D eigenvalue weighted by atomic mass is 10.2. The van der Waals surface area contributed by atoms with E-state index in [1.807, 2.05) is 18.7 Å². The fraction of sp³-hybridized carbons (Fsp3) is 0.714. The van der Waals surface area contributed by atoms with Crippen LogP contribution >= 0.6 is 23.4 Å². The van der Waals surface area contributed by atoms with Gasteiger partial charge in [0, 0.05) is 24.6 Å². The van der Waals surface area contributed by atoms with Crippen LogP contribution < -0.4 is 4.90 Å². The number of aromatic nitrogens is 2. The fourth-order valence-corrected chi connectivity index (χ4v) is 2.80. The molecule has 2 rings (SSSR count). The van der Waals surface area contributed by atoms with Crippen molar-refractivity contribution in [3.8, 4) is 0 Å². The lowest BCUT2D eigenvalue weighted by Gasteiger charge is -2.27. The van der Waals surface area contributed by atoms with Gasteiger partial charge in [0.25, 0.3) is 0 Å². The SMILES string of the molecule is CSCCC(C)N(C)c1nc(C2CC2)nc(Cl)c1C. The maximum Gasteiger partial charge on any atom is 0.137 e. The summed E-state index contributed by atoms with van der Waals surface area (Å²) in [5, 5.41) is 0.607. The molecule has 0 aromatic carbocycles. The monoisotopic (exact) mass is 299 g/mol. The van der Waals surface area contributed by atoms with Gasteiger partial charge in [-0.3, -0.25) is 0 Å². The molecule has 19 heavy (non-hydrogen) atoms. The molecule has 1 aliphatic rings. The first-order chi connectivity index (χ1) is 9.04. The highest BCUT2D eigenvalue weighted by molar-refractivity contribution is 7.98. The molecule has 0 amide bonds. The molecule has 1 heterocycles. The molecular weight excluding hydrogens is 278 g/mol. The quantitative estimate of drug-likeness (QED) is 0.745. The van der Waals surface area contributed by atoms with Crippen molar-refractivity contribution in [2.24, 2.45) is 0 Å². The van der Waals surface area contributed by atoms with Gasteiger partial charge in [-0.15, -0.1) is 0 Å². The van der Waals surface area contributed by atoms with Crippen molar-refractivity contribution in [2.75, 3.05) is 24.0 Å². The van der Waals surface area contributed by atoms with Gasteiger partial charge in [-0.25, -0.2) is 9.97 Å². The van der Waals surface area contributed by atoms with Crippen LogP contribution in [-0.2, 0) is 0 Å². The van der Waals surface area contributed by atoms with Gasteiger partial charge in [0.15, 0.2) is 0 Å². The van der Waals surface area contributed by atoms with Crippen LogP contribution in [0.15, 0.2) is 0 Å². The van der Waals surface area contributed by atoms with Gasteiger partial charge < -0.3 is 4.90 Å². The summed E-state index contributed by atoms with van der Waals surface area (Å²) in [5.74, 6) is 3.62. The second-order valence-corrected chi connectivity index (χ2v) is 6.68. The Morgan fingerprint density at radius 3 is 2.68 bits per heavy atom. The molecule has 1 saturated carbocycles. The molecule has 1 fully saturated rings. The summed E-state index contributed by atoms with van der Waals surface area (Å²) >= 11 is 8.14. The molecule has 1 unspecified atom stereocenters. The topological polar surface area (TPSA) is 29.0 Å². The lowest BCUT2D eigenvalue weighted by Crippen LogP contribution is -2.31. The molecule has 106 valence electrons. The predicted molar refractivity (Wildman–Crippen MR) is 84.6 cm³/mol. The van der Waals surface area contributed by atoms with Crippen molar-refractivity contribution >= 4 is 29.2 Å². The van der Waals surface area contributed by atoms with E-state index in [0.29, 0.717) is 17.1 Å². The third-order valence-electron chi connectivity index (χ3n) is 3.76. The van der Waals surface area contributed by atoms with E-state index in [1.165, 1.54) is 18.6 Å². The van der Waals surface area contributed by atoms with Crippen LogP contribution in [0.4, 0.5) is 5.82 Å². The molecule has 0 radical (unpaired) electrons. The minimum Gasteiger partial charge on any atom is -0.357 e. The van der Waals surface area contributed by atoms with Crippen LogP contribution in [0.25, 0.3) is 0 Å². The normalized spacial score (nSPS) is 16.5. The van der Waals surface area contributed by atoms with Crippen LogP contribution in [0, 0.1) is 6.92 Å². The van der Waals surface area contributed by atoms with Crippen LogP contribution in [0.1, 0.15) is 43.5 Å². The average Bonchev–Trinajstić information content (AvgIpc) is 3.22. The minimum atomic E-state index is 0.462. The Balaban J connectivity index is 2.21. The number of thioether (sulfide) groups is 1. The molecule has 1 atom stereocenters. The summed E-state index contributed by atoms with van der Waals surface area (Å²) in [6, 6.07) is 0.462. The predicted octanol–water partition coefficient (Wildman–Crippen LogP) is 3.89. The number of anilines is 1. The zero-order chi connectivity index (χ0) is 14.0. The maximum absolute atomic E-state index is 6.26. The molecule has 5 heteroatoms.